The van der Waals surface area contributed by atoms with E-state index in [1.165, 1.54) is 54.7 Å². The summed E-state index contributed by atoms with van der Waals surface area (Å²) < 4.78 is 7.12. The zero-order valence-corrected chi connectivity index (χ0v) is 31.9. The SMILES string of the molecule is CC1C=Cc2c(c3ccccc3n2-c2cc(-c3cccc(-c4cccc(-n5c6ccccc6c6ccccc65)n4)n3)cc(-n3c4ccccc4c4ccccc43)c2)C1. The number of fused-ring (bicyclic) bond motifs is 9. The highest BCUT2D eigenvalue weighted by atomic mass is 15.1. The van der Waals surface area contributed by atoms with Crippen molar-refractivity contribution in [1.82, 2.24) is 23.7 Å². The molecule has 0 fully saturated rings. The quantitative estimate of drug-likeness (QED) is 0.176. The number of hydrogen-bond donors (Lipinski definition) is 0. The second-order valence-electron chi connectivity index (χ2n) is 15.5. The molecule has 1 atom stereocenters. The number of allylic oxidation sites excluding steroid dienone is 1. The molecule has 0 aliphatic heterocycles. The minimum Gasteiger partial charge on any atom is -0.309 e. The molecule has 0 amide bonds. The van der Waals surface area contributed by atoms with Crippen molar-refractivity contribution in [3.63, 3.8) is 0 Å². The highest BCUT2D eigenvalue weighted by molar-refractivity contribution is 6.10. The van der Waals surface area contributed by atoms with Crippen LogP contribution in [0.15, 0.2) is 182 Å². The number of benzene rings is 6. The molecule has 5 nitrogen and oxygen atoms in total. The summed E-state index contributed by atoms with van der Waals surface area (Å²) >= 11 is 0. The van der Waals surface area contributed by atoms with E-state index in [1.807, 2.05) is 0 Å². The zero-order valence-electron chi connectivity index (χ0n) is 31.9. The lowest BCUT2D eigenvalue weighted by molar-refractivity contribution is 0.718. The monoisotopic (exact) mass is 743 g/mol. The number of nitrogens with zero attached hydrogens (tertiary/aromatic N) is 5. The number of hydrogen-bond acceptors (Lipinski definition) is 2. The largest absolute Gasteiger partial charge is 0.309 e. The highest BCUT2D eigenvalue weighted by Gasteiger charge is 2.23. The summed E-state index contributed by atoms with van der Waals surface area (Å²) in [5.41, 5.74) is 14.2. The van der Waals surface area contributed by atoms with Crippen LogP contribution in [0.3, 0.4) is 0 Å². The van der Waals surface area contributed by atoms with Gasteiger partial charge in [0.2, 0.25) is 0 Å². The third-order valence-electron chi connectivity index (χ3n) is 12.0. The molecule has 1 unspecified atom stereocenters. The second kappa shape index (κ2) is 12.8. The van der Waals surface area contributed by atoms with Crippen molar-refractivity contribution in [3.05, 3.63) is 193 Å². The first-order valence-corrected chi connectivity index (χ1v) is 20.1. The van der Waals surface area contributed by atoms with E-state index in [0.29, 0.717) is 5.92 Å². The molecule has 1 aliphatic carbocycles. The van der Waals surface area contributed by atoms with Crippen molar-refractivity contribution in [2.75, 3.05) is 0 Å². The fraction of sp³-hybridized carbons (Fsp3) is 0.0566. The number of pyridine rings is 2. The molecular formula is C53H37N5. The molecule has 0 saturated carbocycles. The number of para-hydroxylation sites is 5. The Morgan fingerprint density at radius 3 is 1.50 bits per heavy atom. The van der Waals surface area contributed by atoms with Crippen molar-refractivity contribution in [2.45, 2.75) is 13.3 Å². The summed E-state index contributed by atoms with van der Waals surface area (Å²) in [6.45, 7) is 2.30. The molecule has 5 heterocycles. The molecule has 5 heteroatoms. The Labute approximate surface area is 335 Å². The summed E-state index contributed by atoms with van der Waals surface area (Å²) in [5, 5.41) is 6.21. The van der Waals surface area contributed by atoms with Gasteiger partial charge >= 0.3 is 0 Å². The van der Waals surface area contributed by atoms with E-state index in [-0.39, 0.29) is 0 Å². The maximum atomic E-state index is 5.39. The standard InChI is InChI=1S/C53H37N5/c1-34-28-29-52-43(30-34)42-18-6-9-24-49(42)57(52)37-32-35(31-36(33-37)56-47-22-7-2-14-38(47)39-15-3-8-23-48(39)56)44-19-12-20-45(54-44)46-21-13-27-53(55-46)58-50-25-10-4-16-40(50)41-17-5-11-26-51(41)58/h2-29,31-34H,30H2,1H3. The van der Waals surface area contributed by atoms with Crippen LogP contribution in [0.2, 0.25) is 0 Å². The van der Waals surface area contributed by atoms with Gasteiger partial charge in [-0.3, -0.25) is 4.57 Å². The fourth-order valence-corrected chi connectivity index (χ4v) is 9.44. The molecule has 0 spiro atoms. The first kappa shape index (κ1) is 32.7. The van der Waals surface area contributed by atoms with E-state index in [9.17, 15) is 0 Å². The van der Waals surface area contributed by atoms with Crippen molar-refractivity contribution < 1.29 is 0 Å². The average Bonchev–Trinajstić information content (AvgIpc) is 3.92. The molecule has 274 valence electrons. The molecule has 0 radical (unpaired) electrons. The van der Waals surface area contributed by atoms with Crippen LogP contribution in [0.5, 0.6) is 0 Å². The van der Waals surface area contributed by atoms with E-state index in [2.05, 4.69) is 209 Å². The number of aromatic nitrogens is 5. The van der Waals surface area contributed by atoms with Gasteiger partial charge in [0.05, 0.1) is 44.7 Å². The Balaban J connectivity index is 1.07. The average molecular weight is 744 g/mol. The summed E-state index contributed by atoms with van der Waals surface area (Å²) in [6.07, 6.45) is 5.69. The van der Waals surface area contributed by atoms with Crippen LogP contribution >= 0.6 is 0 Å². The van der Waals surface area contributed by atoms with E-state index >= 15 is 0 Å². The second-order valence-corrected chi connectivity index (χ2v) is 15.5. The van der Waals surface area contributed by atoms with Gasteiger partial charge in [-0.1, -0.05) is 116 Å². The molecular weight excluding hydrogens is 707 g/mol. The minimum atomic E-state index is 0.486. The van der Waals surface area contributed by atoms with Gasteiger partial charge in [0.25, 0.3) is 0 Å². The third-order valence-corrected chi connectivity index (χ3v) is 12.0. The Morgan fingerprint density at radius 1 is 0.431 bits per heavy atom. The number of rotatable bonds is 5. The first-order valence-electron chi connectivity index (χ1n) is 20.1. The molecule has 12 rings (SSSR count). The molecule has 11 aromatic rings. The maximum Gasteiger partial charge on any atom is 0.138 e. The lowest BCUT2D eigenvalue weighted by atomic mass is 9.93. The molecule has 5 aromatic heterocycles. The van der Waals surface area contributed by atoms with Crippen molar-refractivity contribution in [1.29, 1.82) is 0 Å². The lowest BCUT2D eigenvalue weighted by Gasteiger charge is -2.18. The Bertz CT molecular complexity index is 3360. The van der Waals surface area contributed by atoms with Gasteiger partial charge in [-0.25, -0.2) is 9.97 Å². The normalized spacial score (nSPS) is 14.0. The van der Waals surface area contributed by atoms with Gasteiger partial charge in [0.15, 0.2) is 0 Å². The van der Waals surface area contributed by atoms with Gasteiger partial charge < -0.3 is 9.13 Å². The molecule has 1 aliphatic rings. The van der Waals surface area contributed by atoms with Crippen molar-refractivity contribution >= 4 is 60.6 Å². The molecule has 6 aromatic carbocycles. The third kappa shape index (κ3) is 4.96. The van der Waals surface area contributed by atoms with Gasteiger partial charge in [0.1, 0.15) is 5.82 Å². The Morgan fingerprint density at radius 2 is 0.897 bits per heavy atom. The van der Waals surface area contributed by atoms with Crippen LogP contribution < -0.4 is 0 Å². The van der Waals surface area contributed by atoms with E-state index in [0.717, 1.165) is 57.3 Å². The predicted molar refractivity (Wildman–Crippen MR) is 240 cm³/mol. The summed E-state index contributed by atoms with van der Waals surface area (Å²) in [7, 11) is 0. The maximum absolute atomic E-state index is 5.39. The molecule has 0 N–H and O–H groups in total. The molecule has 0 saturated heterocycles. The minimum absolute atomic E-state index is 0.486. The van der Waals surface area contributed by atoms with E-state index in [1.54, 1.807) is 0 Å². The lowest BCUT2D eigenvalue weighted by Crippen LogP contribution is -2.06. The van der Waals surface area contributed by atoms with Gasteiger partial charge in [-0.15, -0.1) is 0 Å². The van der Waals surface area contributed by atoms with Crippen molar-refractivity contribution in [3.8, 4) is 39.8 Å². The van der Waals surface area contributed by atoms with E-state index in [4.69, 9.17) is 9.97 Å². The highest BCUT2D eigenvalue weighted by Crippen LogP contribution is 2.39. The fourth-order valence-electron chi connectivity index (χ4n) is 9.44. The summed E-state index contributed by atoms with van der Waals surface area (Å²) in [5.74, 6) is 1.35. The van der Waals surface area contributed by atoms with Crippen molar-refractivity contribution in [2.24, 2.45) is 5.92 Å². The molecule has 0 bridgehead atoms. The van der Waals surface area contributed by atoms with Crippen LogP contribution in [0.25, 0.3) is 100 Å². The van der Waals surface area contributed by atoms with Gasteiger partial charge in [0, 0.05) is 49.6 Å². The zero-order chi connectivity index (χ0) is 38.3. The topological polar surface area (TPSA) is 40.6 Å². The smallest absolute Gasteiger partial charge is 0.138 e. The Kier molecular flexibility index (Phi) is 7.20. The van der Waals surface area contributed by atoms with E-state index < -0.39 is 0 Å². The van der Waals surface area contributed by atoms with Gasteiger partial charge in [-0.05, 0) is 96.8 Å². The first-order chi connectivity index (χ1) is 28.7. The molecule has 58 heavy (non-hydrogen) atoms. The van der Waals surface area contributed by atoms with Gasteiger partial charge in [-0.2, -0.15) is 0 Å². The predicted octanol–water partition coefficient (Wildman–Crippen LogP) is 13.2. The van der Waals surface area contributed by atoms with Crippen LogP contribution in [0, 0.1) is 5.92 Å². The van der Waals surface area contributed by atoms with Crippen LogP contribution in [0.4, 0.5) is 0 Å². The summed E-state index contributed by atoms with van der Waals surface area (Å²) in [4.78, 5) is 10.7. The Hall–Kier alpha value is -7.50. The van der Waals surface area contributed by atoms with Crippen LogP contribution in [-0.2, 0) is 6.42 Å². The van der Waals surface area contributed by atoms with Crippen LogP contribution in [0.1, 0.15) is 18.2 Å². The van der Waals surface area contributed by atoms with Crippen LogP contribution in [-0.4, -0.2) is 23.7 Å². The summed E-state index contributed by atoms with van der Waals surface area (Å²) in [6, 6.07) is 62.9.